The second-order valence-corrected chi connectivity index (χ2v) is 9.58. The molecule has 0 spiro atoms. The molecule has 32 heavy (non-hydrogen) atoms. The second kappa shape index (κ2) is 10.1. The highest BCUT2D eigenvalue weighted by atomic mass is 79.9. The van der Waals surface area contributed by atoms with E-state index in [0.717, 1.165) is 14.9 Å². The van der Waals surface area contributed by atoms with E-state index in [4.69, 9.17) is 34.7 Å². The van der Waals surface area contributed by atoms with Crippen molar-refractivity contribution < 1.29 is 9.59 Å². The molecule has 170 valence electrons. The van der Waals surface area contributed by atoms with Crippen molar-refractivity contribution in [3.05, 3.63) is 62.5 Å². The predicted octanol–water partition coefficient (Wildman–Crippen LogP) is 4.58. The van der Waals surface area contributed by atoms with Gasteiger partial charge in [-0.05, 0) is 55.7 Å². The van der Waals surface area contributed by atoms with Gasteiger partial charge in [-0.2, -0.15) is 0 Å². The Hall–Kier alpha value is -2.29. The zero-order valence-corrected chi connectivity index (χ0v) is 20.6. The number of hydrogen-bond acceptors (Lipinski definition) is 3. The summed E-state index contributed by atoms with van der Waals surface area (Å²) in [4.78, 5) is 33.8. The third-order valence-corrected chi connectivity index (χ3v) is 6.30. The minimum atomic E-state index is -1.07. The molecule has 7 nitrogen and oxygen atoms in total. The highest BCUT2D eigenvalue weighted by molar-refractivity contribution is 9.10. The molecule has 1 aliphatic rings. The normalized spacial score (nSPS) is 18.4. The molecule has 3 amide bonds. The summed E-state index contributed by atoms with van der Waals surface area (Å²) in [5.41, 5.74) is 11.0. The smallest absolute Gasteiger partial charge is 0.332 e. The Morgan fingerprint density at radius 3 is 2.28 bits per heavy atom. The van der Waals surface area contributed by atoms with E-state index in [2.05, 4.69) is 20.9 Å². The average molecular weight is 541 g/mol. The van der Waals surface area contributed by atoms with E-state index in [0.29, 0.717) is 48.1 Å². The van der Waals surface area contributed by atoms with Gasteiger partial charge in [0.15, 0.2) is 5.96 Å². The first-order valence-corrected chi connectivity index (χ1v) is 11.6. The Morgan fingerprint density at radius 1 is 1.06 bits per heavy atom. The van der Waals surface area contributed by atoms with Gasteiger partial charge >= 0.3 is 6.03 Å². The molecular formula is C22H24BrCl2N5O2. The van der Waals surface area contributed by atoms with E-state index in [1.54, 1.807) is 30.0 Å². The molecule has 1 atom stereocenters. The van der Waals surface area contributed by atoms with Gasteiger partial charge in [-0.15, -0.1) is 0 Å². The van der Waals surface area contributed by atoms with Crippen LogP contribution in [0.5, 0.6) is 0 Å². The Morgan fingerprint density at radius 2 is 1.69 bits per heavy atom. The number of halogens is 3. The van der Waals surface area contributed by atoms with E-state index >= 15 is 0 Å². The van der Waals surface area contributed by atoms with Gasteiger partial charge in [-0.25, -0.2) is 9.69 Å². The fraction of sp³-hybridized carbons (Fsp3) is 0.318. The molecular weight excluding hydrogens is 517 g/mol. The van der Waals surface area contributed by atoms with Crippen LogP contribution in [-0.4, -0.2) is 41.4 Å². The van der Waals surface area contributed by atoms with Crippen LogP contribution >= 0.6 is 39.1 Å². The van der Waals surface area contributed by atoms with Crippen LogP contribution in [0.15, 0.2) is 51.9 Å². The largest absolute Gasteiger partial charge is 0.370 e. The molecule has 1 aliphatic heterocycles. The fourth-order valence-electron chi connectivity index (χ4n) is 3.77. The van der Waals surface area contributed by atoms with Gasteiger partial charge in [0, 0.05) is 34.0 Å². The zero-order valence-electron chi connectivity index (χ0n) is 17.5. The Bertz CT molecular complexity index is 1020. The van der Waals surface area contributed by atoms with Gasteiger partial charge in [0.2, 0.25) is 0 Å². The fourth-order valence-corrected chi connectivity index (χ4v) is 4.55. The number of hydrogen-bond donors (Lipinski definition) is 2. The van der Waals surface area contributed by atoms with Crippen molar-refractivity contribution in [1.29, 1.82) is 0 Å². The molecule has 0 unspecified atom stereocenters. The molecule has 0 bridgehead atoms. The molecule has 1 saturated heterocycles. The van der Waals surface area contributed by atoms with Crippen LogP contribution in [0, 0.1) is 0 Å². The summed E-state index contributed by atoms with van der Waals surface area (Å²) in [6.45, 7) is 2.62. The molecule has 10 heteroatoms. The zero-order chi connectivity index (χ0) is 23.5. The lowest BCUT2D eigenvalue weighted by Crippen LogP contribution is -2.49. The Balaban J connectivity index is 1.92. The topological polar surface area (TPSA) is 105 Å². The summed E-state index contributed by atoms with van der Waals surface area (Å²) in [7, 11) is 0. The van der Waals surface area contributed by atoms with Gasteiger partial charge in [0.25, 0.3) is 5.91 Å². The minimum Gasteiger partial charge on any atom is -0.370 e. The van der Waals surface area contributed by atoms with Crippen molar-refractivity contribution in [3.8, 4) is 0 Å². The lowest BCUT2D eigenvalue weighted by molar-refractivity contribution is -0.124. The molecule has 1 heterocycles. The SMILES string of the molecule is C[C@@]1(Cc2ccc(Br)cc2)C(=O)N(c2cc(Cl)cc(Cl)c2)C(=O)N1CCCCN=C(N)N. The van der Waals surface area contributed by atoms with E-state index in [9.17, 15) is 9.59 Å². The lowest BCUT2D eigenvalue weighted by Gasteiger charge is -2.32. The van der Waals surface area contributed by atoms with Crippen LogP contribution in [0.25, 0.3) is 0 Å². The molecule has 1 fully saturated rings. The van der Waals surface area contributed by atoms with Crippen LogP contribution in [0.4, 0.5) is 10.5 Å². The van der Waals surface area contributed by atoms with Crippen LogP contribution in [0.3, 0.4) is 0 Å². The highest BCUT2D eigenvalue weighted by Gasteiger charge is 2.54. The molecule has 0 aromatic heterocycles. The van der Waals surface area contributed by atoms with Crippen molar-refractivity contribution in [1.82, 2.24) is 4.90 Å². The molecule has 4 N–H and O–H groups in total. The first kappa shape index (κ1) is 24.4. The summed E-state index contributed by atoms with van der Waals surface area (Å²) in [5, 5.41) is 0.691. The number of aliphatic imine (C=N–C) groups is 1. The number of nitrogens with two attached hydrogens (primary N) is 2. The molecule has 2 aromatic carbocycles. The van der Waals surface area contributed by atoms with Gasteiger partial charge in [-0.1, -0.05) is 51.3 Å². The molecule has 3 rings (SSSR count). The first-order valence-electron chi connectivity index (χ1n) is 10.0. The van der Waals surface area contributed by atoms with Gasteiger partial charge < -0.3 is 16.4 Å². The summed E-state index contributed by atoms with van der Waals surface area (Å²) < 4.78 is 0.937. The number of unbranched alkanes of at least 4 members (excludes halogenated alkanes) is 1. The summed E-state index contributed by atoms with van der Waals surface area (Å²) in [5.74, 6) is -0.297. The first-order chi connectivity index (χ1) is 15.1. The van der Waals surface area contributed by atoms with E-state index in [-0.39, 0.29) is 11.9 Å². The standard InChI is InChI=1S/C22H24BrCl2N5O2/c1-22(13-14-4-6-15(23)7-5-14)19(31)30(18-11-16(24)10-17(25)12-18)21(32)29(22)9-3-2-8-28-20(26)27/h4-7,10-12H,2-3,8-9,13H2,1H3,(H4,26,27,28)/t22-/m1/s1. The average Bonchev–Trinajstić information content (AvgIpc) is 2.88. The molecule has 0 saturated carbocycles. The summed E-state index contributed by atoms with van der Waals surface area (Å²) in [6.07, 6.45) is 1.67. The van der Waals surface area contributed by atoms with E-state index in [1.807, 2.05) is 24.3 Å². The number of carbonyl (C=O) groups excluding carboxylic acids is 2. The summed E-state index contributed by atoms with van der Waals surface area (Å²) in [6, 6.07) is 12.0. The van der Waals surface area contributed by atoms with E-state index in [1.165, 1.54) is 0 Å². The number of carbonyl (C=O) groups is 2. The lowest BCUT2D eigenvalue weighted by atomic mass is 9.91. The number of urea groups is 1. The van der Waals surface area contributed by atoms with Crippen molar-refractivity contribution in [2.45, 2.75) is 31.7 Å². The number of imide groups is 1. The number of amides is 3. The quantitative estimate of drug-likeness (QED) is 0.221. The van der Waals surface area contributed by atoms with Gasteiger partial charge in [0.05, 0.1) is 5.69 Å². The number of guanidine groups is 1. The van der Waals surface area contributed by atoms with Crippen LogP contribution in [-0.2, 0) is 11.2 Å². The van der Waals surface area contributed by atoms with Crippen LogP contribution < -0.4 is 16.4 Å². The monoisotopic (exact) mass is 539 g/mol. The second-order valence-electron chi connectivity index (χ2n) is 7.79. The number of benzene rings is 2. The molecule has 0 radical (unpaired) electrons. The summed E-state index contributed by atoms with van der Waals surface area (Å²) >= 11 is 15.7. The Labute approximate surface area is 205 Å². The maximum atomic E-state index is 13.6. The van der Waals surface area contributed by atoms with E-state index < -0.39 is 11.6 Å². The van der Waals surface area contributed by atoms with Crippen molar-refractivity contribution >= 4 is 62.7 Å². The van der Waals surface area contributed by atoms with Gasteiger partial charge in [-0.3, -0.25) is 9.79 Å². The third-order valence-electron chi connectivity index (χ3n) is 5.33. The van der Waals surface area contributed by atoms with Crippen molar-refractivity contribution in [2.75, 3.05) is 18.0 Å². The predicted molar refractivity (Wildman–Crippen MR) is 132 cm³/mol. The third kappa shape index (κ3) is 5.36. The highest BCUT2D eigenvalue weighted by Crippen LogP contribution is 2.37. The van der Waals surface area contributed by atoms with Crippen LogP contribution in [0.2, 0.25) is 10.0 Å². The van der Waals surface area contributed by atoms with Crippen LogP contribution in [0.1, 0.15) is 25.3 Å². The van der Waals surface area contributed by atoms with Gasteiger partial charge in [0.1, 0.15) is 5.54 Å². The minimum absolute atomic E-state index is 0.0292. The number of rotatable bonds is 8. The Kier molecular flexibility index (Phi) is 7.69. The number of nitrogens with zero attached hydrogens (tertiary/aromatic N) is 3. The van der Waals surface area contributed by atoms with Crippen molar-refractivity contribution in [2.24, 2.45) is 16.5 Å². The molecule has 0 aliphatic carbocycles. The maximum absolute atomic E-state index is 13.6. The van der Waals surface area contributed by atoms with Crippen molar-refractivity contribution in [3.63, 3.8) is 0 Å². The number of anilines is 1. The maximum Gasteiger partial charge on any atom is 0.332 e. The molecule has 2 aromatic rings.